The summed E-state index contributed by atoms with van der Waals surface area (Å²) in [6.07, 6.45) is 0. The molecule has 1 rings (SSSR count). The van der Waals surface area contributed by atoms with Crippen LogP contribution >= 0.6 is 11.8 Å². The van der Waals surface area contributed by atoms with Crippen LogP contribution in [0.25, 0.3) is 0 Å². The summed E-state index contributed by atoms with van der Waals surface area (Å²) in [6.45, 7) is 4.40. The third kappa shape index (κ3) is 3.97. The first-order valence-electron chi connectivity index (χ1n) is 4.42. The van der Waals surface area contributed by atoms with Crippen LogP contribution in [0, 0.1) is 10.5 Å². The van der Waals surface area contributed by atoms with Crippen molar-refractivity contribution in [3.8, 4) is 10.5 Å². The van der Waals surface area contributed by atoms with Crippen LogP contribution in [0.2, 0.25) is 0 Å². The van der Waals surface area contributed by atoms with Gasteiger partial charge in [0.1, 0.15) is 0 Å². The van der Waals surface area contributed by atoms with Gasteiger partial charge in [-0.25, -0.2) is 0 Å². The van der Waals surface area contributed by atoms with Crippen LogP contribution in [0.15, 0.2) is 29.2 Å². The Morgan fingerprint density at radius 1 is 1.23 bits per heavy atom. The fraction of sp³-hybridized carbons (Fsp3) is 0.273. The molecule has 1 aromatic rings. The van der Waals surface area contributed by atoms with Crippen LogP contribution < -0.4 is 0 Å². The van der Waals surface area contributed by atoms with E-state index in [0.717, 1.165) is 5.56 Å². The molecule has 62 valence electrons. The van der Waals surface area contributed by atoms with Crippen molar-refractivity contribution in [1.82, 2.24) is 0 Å². The van der Waals surface area contributed by atoms with Crippen molar-refractivity contribution < 1.29 is 0 Å². The predicted molar refractivity (Wildman–Crippen MR) is 60.1 cm³/mol. The summed E-state index contributed by atoms with van der Waals surface area (Å²) in [5.74, 6) is 3.03. The molecular weight excluding hydrogens is 171 g/mol. The third-order valence-corrected chi connectivity index (χ3v) is 2.51. The molecule has 0 bridgehead atoms. The first-order chi connectivity index (χ1) is 6.22. The molecule has 0 aromatic heterocycles. The minimum atomic E-state index is 0.642. The van der Waals surface area contributed by atoms with Gasteiger partial charge in [0.05, 0.1) is 0 Å². The van der Waals surface area contributed by atoms with Crippen molar-refractivity contribution in [2.75, 3.05) is 0 Å². The van der Waals surface area contributed by atoms with Gasteiger partial charge < -0.3 is 0 Å². The van der Waals surface area contributed by atoms with E-state index in [9.17, 15) is 0 Å². The average Bonchev–Trinajstić information content (AvgIpc) is 2.08. The predicted octanol–water partition coefficient (Wildman–Crippen LogP) is 2.66. The van der Waals surface area contributed by atoms with E-state index in [0.29, 0.717) is 5.25 Å². The zero-order valence-electron chi connectivity index (χ0n) is 8.29. The van der Waals surface area contributed by atoms with E-state index in [-0.39, 0.29) is 0 Å². The number of thioether (sulfide) groups is 1. The molecule has 0 saturated heterocycles. The van der Waals surface area contributed by atoms with E-state index in [2.05, 4.69) is 48.6 Å². The standard InChI is InChI=1S/C11H11S.Li/c1-4-10-5-7-11(8-6-10)12-9(2)3;/h5-9H,2-3H3;. The maximum atomic E-state index is 3.03. The van der Waals surface area contributed by atoms with Gasteiger partial charge in [-0.1, -0.05) is 0 Å². The molecule has 0 aliphatic heterocycles. The molecule has 0 radical (unpaired) electrons. The molecular formula is C11H11LiS. The van der Waals surface area contributed by atoms with E-state index in [1.807, 2.05) is 29.5 Å². The van der Waals surface area contributed by atoms with Crippen LogP contribution in [-0.4, -0.2) is 23.0 Å². The van der Waals surface area contributed by atoms with Crippen molar-refractivity contribution in [2.45, 2.75) is 24.0 Å². The Morgan fingerprint density at radius 3 is 2.31 bits per heavy atom. The zero-order chi connectivity index (χ0) is 9.68. The average molecular weight is 182 g/mol. The van der Waals surface area contributed by atoms with E-state index >= 15 is 0 Å². The summed E-state index contributed by atoms with van der Waals surface area (Å²) in [6, 6.07) is 8.40. The molecule has 0 spiro atoms. The van der Waals surface area contributed by atoms with Gasteiger partial charge in [0.25, 0.3) is 0 Å². The molecule has 2 heteroatoms. The van der Waals surface area contributed by atoms with Crippen LogP contribution in [0.1, 0.15) is 19.4 Å². The Kier molecular flexibility index (Phi) is 4.54. The summed E-state index contributed by atoms with van der Waals surface area (Å²) in [7, 11) is 0. The SMILES string of the molecule is [Li][C]#Cc1ccc(SC(C)C)cc1. The topological polar surface area (TPSA) is 0 Å². The fourth-order valence-corrected chi connectivity index (χ4v) is 1.87. The molecule has 13 heavy (non-hydrogen) atoms. The maximum absolute atomic E-state index is 3.03. The number of hydrogen-bond donors (Lipinski definition) is 0. The van der Waals surface area contributed by atoms with Crippen molar-refractivity contribution in [3.05, 3.63) is 29.8 Å². The molecule has 0 aliphatic carbocycles. The molecule has 0 saturated carbocycles. The van der Waals surface area contributed by atoms with Crippen molar-refractivity contribution in [3.63, 3.8) is 0 Å². The molecule has 0 aliphatic rings. The third-order valence-electron chi connectivity index (χ3n) is 1.50. The van der Waals surface area contributed by atoms with Crippen molar-refractivity contribution in [2.24, 2.45) is 0 Å². The monoisotopic (exact) mass is 182 g/mol. The Bertz CT molecular complexity index is 316. The van der Waals surface area contributed by atoms with Gasteiger partial charge in [0, 0.05) is 0 Å². The van der Waals surface area contributed by atoms with Crippen LogP contribution in [-0.2, 0) is 0 Å². The second kappa shape index (κ2) is 5.46. The Balaban J connectivity index is 2.73. The molecule has 0 heterocycles. The van der Waals surface area contributed by atoms with Crippen LogP contribution in [0.4, 0.5) is 0 Å². The molecule has 1 aromatic carbocycles. The first kappa shape index (κ1) is 10.8. The summed E-state index contributed by atoms with van der Waals surface area (Å²) in [5.41, 5.74) is 1.09. The van der Waals surface area contributed by atoms with E-state index < -0.39 is 0 Å². The summed E-state index contributed by atoms with van der Waals surface area (Å²) < 4.78 is 2.89. The van der Waals surface area contributed by atoms with Gasteiger partial charge in [-0.3, -0.25) is 0 Å². The normalized spacial score (nSPS) is 9.62. The van der Waals surface area contributed by atoms with Gasteiger partial charge in [-0.05, 0) is 0 Å². The van der Waals surface area contributed by atoms with Gasteiger partial charge >= 0.3 is 93.8 Å². The Morgan fingerprint density at radius 2 is 1.85 bits per heavy atom. The quantitative estimate of drug-likeness (QED) is 0.385. The number of hydrogen-bond acceptors (Lipinski definition) is 1. The summed E-state index contributed by atoms with van der Waals surface area (Å²) in [4.78, 5) is 1.32. The van der Waals surface area contributed by atoms with E-state index in [1.54, 1.807) is 0 Å². The van der Waals surface area contributed by atoms with Gasteiger partial charge in [-0.2, -0.15) is 0 Å². The van der Waals surface area contributed by atoms with Crippen LogP contribution in [0.5, 0.6) is 0 Å². The molecule has 0 amide bonds. The second-order valence-corrected chi connectivity index (χ2v) is 4.72. The molecule has 0 nitrogen and oxygen atoms in total. The van der Waals surface area contributed by atoms with Gasteiger partial charge in [-0.15, -0.1) is 0 Å². The number of rotatable bonds is 2. The summed E-state index contributed by atoms with van der Waals surface area (Å²) >= 11 is 3.73. The molecule has 0 atom stereocenters. The Hall–Kier alpha value is -0.273. The first-order valence-corrected chi connectivity index (χ1v) is 5.30. The second-order valence-electron chi connectivity index (χ2n) is 3.07. The molecule has 0 N–H and O–H groups in total. The molecule has 0 fully saturated rings. The zero-order valence-corrected chi connectivity index (χ0v) is 9.11. The summed E-state index contributed by atoms with van der Waals surface area (Å²) in [5, 5.41) is 0.642. The molecule has 0 unspecified atom stereocenters. The van der Waals surface area contributed by atoms with Crippen molar-refractivity contribution in [1.29, 1.82) is 0 Å². The van der Waals surface area contributed by atoms with Gasteiger partial charge in [0.15, 0.2) is 0 Å². The van der Waals surface area contributed by atoms with E-state index in [4.69, 9.17) is 0 Å². The fourth-order valence-electron chi connectivity index (χ4n) is 1.03. The van der Waals surface area contributed by atoms with Gasteiger partial charge in [0.2, 0.25) is 0 Å². The Labute approximate surface area is 93.7 Å². The van der Waals surface area contributed by atoms with Crippen molar-refractivity contribution >= 4 is 29.5 Å². The van der Waals surface area contributed by atoms with E-state index in [1.165, 1.54) is 4.90 Å². The number of benzene rings is 1. The minimum absolute atomic E-state index is 0.642. The van der Waals surface area contributed by atoms with Crippen LogP contribution in [0.3, 0.4) is 0 Å².